The molecule has 0 amide bonds. The van der Waals surface area contributed by atoms with Crippen molar-refractivity contribution in [2.75, 3.05) is 18.5 Å². The summed E-state index contributed by atoms with van der Waals surface area (Å²) < 4.78 is 5.80. The Morgan fingerprint density at radius 3 is 3.00 bits per heavy atom. The van der Waals surface area contributed by atoms with Gasteiger partial charge in [-0.15, -0.1) is 0 Å². The first kappa shape index (κ1) is 11.2. The molecule has 0 unspecified atom stereocenters. The van der Waals surface area contributed by atoms with E-state index in [1.165, 1.54) is 25.7 Å². The molecule has 0 aromatic carbocycles. The Kier molecular flexibility index (Phi) is 4.03. The Morgan fingerprint density at radius 1 is 1.44 bits per heavy atom. The summed E-state index contributed by atoms with van der Waals surface area (Å²) in [5.41, 5.74) is 0. The molecule has 1 fully saturated rings. The molecule has 0 spiro atoms. The lowest BCUT2D eigenvalue weighted by molar-refractivity contribution is 0.252. The molecule has 16 heavy (non-hydrogen) atoms. The zero-order valence-corrected chi connectivity index (χ0v) is 9.91. The largest absolute Gasteiger partial charge is 0.493 e. The van der Waals surface area contributed by atoms with E-state index in [0.29, 0.717) is 0 Å². The maximum Gasteiger partial charge on any atom is 0.129 e. The number of nitrogens with one attached hydrogen (secondary N) is 1. The van der Waals surface area contributed by atoms with Crippen LogP contribution in [0, 0.1) is 5.92 Å². The van der Waals surface area contributed by atoms with Gasteiger partial charge in [-0.05, 0) is 31.7 Å². The number of rotatable bonds is 5. The van der Waals surface area contributed by atoms with Crippen LogP contribution in [-0.4, -0.2) is 18.1 Å². The summed E-state index contributed by atoms with van der Waals surface area (Å²) in [6.45, 7) is 3.81. The molecule has 1 heterocycles. The number of aromatic nitrogens is 1. The summed E-state index contributed by atoms with van der Waals surface area (Å²) in [7, 11) is 0. The lowest BCUT2D eigenvalue weighted by Gasteiger charge is -2.12. The second-order valence-electron chi connectivity index (χ2n) is 4.37. The lowest BCUT2D eigenvalue weighted by Crippen LogP contribution is -2.08. The predicted octanol–water partition coefficient (Wildman–Crippen LogP) is 3.08. The van der Waals surface area contributed by atoms with Crippen LogP contribution in [0.4, 0.5) is 5.82 Å². The third kappa shape index (κ3) is 3.12. The van der Waals surface area contributed by atoms with Crippen LogP contribution >= 0.6 is 0 Å². The molecule has 1 saturated carbocycles. The summed E-state index contributed by atoms with van der Waals surface area (Å²) in [6, 6.07) is 3.90. The van der Waals surface area contributed by atoms with Gasteiger partial charge in [0.2, 0.25) is 0 Å². The Labute approximate surface area is 97.2 Å². The van der Waals surface area contributed by atoms with Crippen LogP contribution in [0.5, 0.6) is 5.75 Å². The summed E-state index contributed by atoms with van der Waals surface area (Å²) >= 11 is 0. The third-order valence-electron chi connectivity index (χ3n) is 3.05. The van der Waals surface area contributed by atoms with Crippen LogP contribution in [-0.2, 0) is 0 Å². The number of nitrogens with zero attached hydrogens (tertiary/aromatic N) is 1. The van der Waals surface area contributed by atoms with Gasteiger partial charge in [-0.25, -0.2) is 4.98 Å². The topological polar surface area (TPSA) is 34.1 Å². The first-order chi connectivity index (χ1) is 7.88. The molecule has 1 aromatic heterocycles. The molecule has 1 aliphatic carbocycles. The Balaban J connectivity index is 1.85. The van der Waals surface area contributed by atoms with Crippen molar-refractivity contribution >= 4 is 5.82 Å². The highest BCUT2D eigenvalue weighted by Gasteiger charge is 2.15. The van der Waals surface area contributed by atoms with Crippen molar-refractivity contribution in [2.45, 2.75) is 32.6 Å². The van der Waals surface area contributed by atoms with E-state index >= 15 is 0 Å². The standard InChI is InChI=1S/C13H20N2O/c1-2-14-13-9-12(7-8-15-13)16-10-11-5-3-4-6-11/h7-9,11H,2-6,10H2,1H3,(H,14,15). The van der Waals surface area contributed by atoms with Crippen molar-refractivity contribution in [3.05, 3.63) is 18.3 Å². The second-order valence-corrected chi connectivity index (χ2v) is 4.37. The van der Waals surface area contributed by atoms with Gasteiger partial charge >= 0.3 is 0 Å². The van der Waals surface area contributed by atoms with Gasteiger partial charge in [-0.3, -0.25) is 0 Å². The maximum absolute atomic E-state index is 5.80. The molecule has 0 radical (unpaired) electrons. The molecule has 0 saturated heterocycles. The van der Waals surface area contributed by atoms with Gasteiger partial charge in [0.05, 0.1) is 6.61 Å². The summed E-state index contributed by atoms with van der Waals surface area (Å²) in [6.07, 6.45) is 7.18. The van der Waals surface area contributed by atoms with Crippen molar-refractivity contribution in [1.29, 1.82) is 0 Å². The zero-order chi connectivity index (χ0) is 11.2. The van der Waals surface area contributed by atoms with E-state index in [9.17, 15) is 0 Å². The van der Waals surface area contributed by atoms with Gasteiger partial charge in [-0.1, -0.05) is 12.8 Å². The summed E-state index contributed by atoms with van der Waals surface area (Å²) in [5, 5.41) is 3.18. The Bertz CT molecular complexity index is 321. The van der Waals surface area contributed by atoms with Crippen LogP contribution in [0.25, 0.3) is 0 Å². The first-order valence-electron chi connectivity index (χ1n) is 6.21. The molecule has 3 heteroatoms. The number of ether oxygens (including phenoxy) is 1. The van der Waals surface area contributed by atoms with Gasteiger partial charge in [0, 0.05) is 18.8 Å². The van der Waals surface area contributed by atoms with Crippen molar-refractivity contribution < 1.29 is 4.74 Å². The number of anilines is 1. The number of pyridine rings is 1. The molecule has 0 bridgehead atoms. The molecular weight excluding hydrogens is 200 g/mol. The first-order valence-corrected chi connectivity index (χ1v) is 6.21. The van der Waals surface area contributed by atoms with E-state index in [0.717, 1.165) is 30.6 Å². The molecule has 1 aromatic rings. The van der Waals surface area contributed by atoms with Crippen LogP contribution in [0.2, 0.25) is 0 Å². The molecule has 88 valence electrons. The van der Waals surface area contributed by atoms with Crippen LogP contribution in [0.1, 0.15) is 32.6 Å². The van der Waals surface area contributed by atoms with Crippen LogP contribution in [0.15, 0.2) is 18.3 Å². The highest BCUT2D eigenvalue weighted by atomic mass is 16.5. The lowest BCUT2D eigenvalue weighted by atomic mass is 10.1. The summed E-state index contributed by atoms with van der Waals surface area (Å²) in [5.74, 6) is 2.58. The van der Waals surface area contributed by atoms with Crippen molar-refractivity contribution in [2.24, 2.45) is 5.92 Å². The molecule has 0 atom stereocenters. The molecule has 1 N–H and O–H groups in total. The van der Waals surface area contributed by atoms with E-state index in [1.54, 1.807) is 6.20 Å². The molecule has 0 aliphatic heterocycles. The minimum absolute atomic E-state index is 0.760. The minimum atomic E-state index is 0.760. The quantitative estimate of drug-likeness (QED) is 0.828. The maximum atomic E-state index is 5.80. The average Bonchev–Trinajstić information content (AvgIpc) is 2.80. The van der Waals surface area contributed by atoms with Gasteiger partial charge in [0.1, 0.15) is 11.6 Å². The average molecular weight is 220 g/mol. The fourth-order valence-electron chi connectivity index (χ4n) is 2.17. The van der Waals surface area contributed by atoms with Gasteiger partial charge < -0.3 is 10.1 Å². The predicted molar refractivity (Wildman–Crippen MR) is 65.9 cm³/mol. The molecule has 3 nitrogen and oxygen atoms in total. The van der Waals surface area contributed by atoms with Crippen molar-refractivity contribution in [3.8, 4) is 5.75 Å². The fourth-order valence-corrected chi connectivity index (χ4v) is 2.17. The van der Waals surface area contributed by atoms with Crippen molar-refractivity contribution in [1.82, 2.24) is 4.98 Å². The van der Waals surface area contributed by atoms with Gasteiger partial charge in [0.15, 0.2) is 0 Å². The summed E-state index contributed by atoms with van der Waals surface area (Å²) in [4.78, 5) is 4.22. The molecule has 2 rings (SSSR count). The molecule has 1 aliphatic rings. The number of hydrogen-bond acceptors (Lipinski definition) is 3. The number of hydrogen-bond donors (Lipinski definition) is 1. The SMILES string of the molecule is CCNc1cc(OCC2CCCC2)ccn1. The zero-order valence-electron chi connectivity index (χ0n) is 9.91. The van der Waals surface area contributed by atoms with Crippen LogP contribution in [0.3, 0.4) is 0 Å². The Morgan fingerprint density at radius 2 is 2.25 bits per heavy atom. The highest BCUT2D eigenvalue weighted by Crippen LogP contribution is 2.25. The monoisotopic (exact) mass is 220 g/mol. The van der Waals surface area contributed by atoms with E-state index in [1.807, 2.05) is 12.1 Å². The second kappa shape index (κ2) is 5.73. The van der Waals surface area contributed by atoms with E-state index < -0.39 is 0 Å². The Hall–Kier alpha value is -1.25. The molecular formula is C13H20N2O. The van der Waals surface area contributed by atoms with E-state index in [-0.39, 0.29) is 0 Å². The van der Waals surface area contributed by atoms with E-state index in [4.69, 9.17) is 4.74 Å². The highest BCUT2D eigenvalue weighted by molar-refractivity contribution is 5.40. The van der Waals surface area contributed by atoms with Crippen LogP contribution < -0.4 is 10.1 Å². The smallest absolute Gasteiger partial charge is 0.129 e. The minimum Gasteiger partial charge on any atom is -0.493 e. The van der Waals surface area contributed by atoms with Gasteiger partial charge in [-0.2, -0.15) is 0 Å². The normalized spacial score (nSPS) is 16.3. The van der Waals surface area contributed by atoms with E-state index in [2.05, 4.69) is 17.2 Å². The fraction of sp³-hybridized carbons (Fsp3) is 0.615. The van der Waals surface area contributed by atoms with Gasteiger partial charge in [0.25, 0.3) is 0 Å². The third-order valence-corrected chi connectivity index (χ3v) is 3.05. The van der Waals surface area contributed by atoms with Crippen molar-refractivity contribution in [3.63, 3.8) is 0 Å².